The highest BCUT2D eigenvalue weighted by molar-refractivity contribution is 5.68. The van der Waals surface area contributed by atoms with E-state index >= 15 is 0 Å². The summed E-state index contributed by atoms with van der Waals surface area (Å²) in [4.78, 5) is 25.6. The smallest absolute Gasteiger partial charge is 0.434 e. The summed E-state index contributed by atoms with van der Waals surface area (Å²) in [7, 11) is 0. The summed E-state index contributed by atoms with van der Waals surface area (Å²) < 4.78 is 14.7. The highest BCUT2D eigenvalue weighted by Gasteiger charge is 2.24. The highest BCUT2D eigenvalue weighted by atomic mass is 19.1. The Bertz CT molecular complexity index is 1070. The van der Waals surface area contributed by atoms with Crippen LogP contribution in [0.5, 0.6) is 11.8 Å². The number of carbonyl (C=O) groups is 1. The largest absolute Gasteiger partial charge is 0.492 e. The maximum Gasteiger partial charge on any atom is 0.434 e. The lowest BCUT2D eigenvalue weighted by Crippen LogP contribution is -2.50. The van der Waals surface area contributed by atoms with Crippen LogP contribution in [0.4, 0.5) is 9.18 Å². The van der Waals surface area contributed by atoms with Crippen molar-refractivity contribution in [1.82, 2.24) is 19.5 Å². The van der Waals surface area contributed by atoms with Crippen LogP contribution in [-0.2, 0) is 6.54 Å². The molecule has 1 aliphatic heterocycles. The third-order valence-corrected chi connectivity index (χ3v) is 5.34. The number of aryl methyl sites for hydroxylation is 1. The Balaban J connectivity index is 1.35. The van der Waals surface area contributed by atoms with Crippen LogP contribution < -0.4 is 4.84 Å². The fraction of sp³-hybridized carbons (Fsp3) is 0.273. The molecular formula is C22H23FN4O4. The quantitative estimate of drug-likeness (QED) is 0.667. The topological polar surface area (TPSA) is 91.1 Å². The SMILES string of the molecule is Cc1nc(-c2ccccc2F)ccc1CN1CCN(C(=O)On2c(O)ccc2O)CC1. The molecule has 0 atom stereocenters. The lowest BCUT2D eigenvalue weighted by atomic mass is 10.1. The first-order valence-corrected chi connectivity index (χ1v) is 9.93. The van der Waals surface area contributed by atoms with Crippen LogP contribution in [0.3, 0.4) is 0 Å². The summed E-state index contributed by atoms with van der Waals surface area (Å²) >= 11 is 0. The van der Waals surface area contributed by atoms with Crippen molar-refractivity contribution in [3.63, 3.8) is 0 Å². The number of rotatable bonds is 4. The summed E-state index contributed by atoms with van der Waals surface area (Å²) in [5.74, 6) is -1.01. The minimum Gasteiger partial charge on any atom is -0.492 e. The number of aromatic hydroxyl groups is 2. The molecule has 0 saturated carbocycles. The van der Waals surface area contributed by atoms with Gasteiger partial charge in [-0.2, -0.15) is 0 Å². The lowest BCUT2D eigenvalue weighted by Gasteiger charge is -2.34. The number of carbonyl (C=O) groups excluding carboxylic acids is 1. The number of benzene rings is 1. The molecule has 8 nitrogen and oxygen atoms in total. The second-order valence-electron chi connectivity index (χ2n) is 7.39. The van der Waals surface area contributed by atoms with Crippen LogP contribution in [-0.4, -0.2) is 62.0 Å². The van der Waals surface area contributed by atoms with Crippen molar-refractivity contribution in [3.05, 3.63) is 65.6 Å². The van der Waals surface area contributed by atoms with E-state index in [-0.39, 0.29) is 17.6 Å². The summed E-state index contributed by atoms with van der Waals surface area (Å²) in [6.45, 7) is 4.73. The Morgan fingerprint density at radius 2 is 1.71 bits per heavy atom. The number of piperazine rings is 1. The van der Waals surface area contributed by atoms with Crippen molar-refractivity contribution in [2.75, 3.05) is 26.2 Å². The molecule has 2 N–H and O–H groups in total. The number of hydrogen-bond acceptors (Lipinski definition) is 6. The molecule has 0 unspecified atom stereocenters. The Hall–Kier alpha value is -3.59. The van der Waals surface area contributed by atoms with E-state index in [0.29, 0.717) is 48.7 Å². The van der Waals surface area contributed by atoms with Crippen LogP contribution >= 0.6 is 0 Å². The molecule has 31 heavy (non-hydrogen) atoms. The summed E-state index contributed by atoms with van der Waals surface area (Å²) in [5.41, 5.74) is 2.95. The number of amides is 1. The molecule has 0 spiro atoms. The predicted octanol–water partition coefficient (Wildman–Crippen LogP) is 2.78. The zero-order chi connectivity index (χ0) is 22.0. The van der Waals surface area contributed by atoms with Gasteiger partial charge in [0.1, 0.15) is 5.82 Å². The molecule has 1 amide bonds. The van der Waals surface area contributed by atoms with Crippen molar-refractivity contribution in [3.8, 4) is 23.0 Å². The van der Waals surface area contributed by atoms with Gasteiger partial charge in [-0.25, -0.2) is 9.18 Å². The van der Waals surface area contributed by atoms with E-state index in [0.717, 1.165) is 11.3 Å². The molecule has 9 heteroatoms. The van der Waals surface area contributed by atoms with E-state index < -0.39 is 6.09 Å². The Morgan fingerprint density at radius 1 is 1.03 bits per heavy atom. The first-order chi connectivity index (χ1) is 14.9. The van der Waals surface area contributed by atoms with Gasteiger partial charge in [0, 0.05) is 56.1 Å². The van der Waals surface area contributed by atoms with E-state index in [4.69, 9.17) is 4.84 Å². The molecule has 2 aromatic heterocycles. The molecule has 0 bridgehead atoms. The van der Waals surface area contributed by atoms with E-state index in [1.54, 1.807) is 18.2 Å². The summed E-state index contributed by atoms with van der Waals surface area (Å²) in [6.07, 6.45) is -0.645. The third-order valence-electron chi connectivity index (χ3n) is 5.34. The molecule has 1 aromatic carbocycles. The van der Waals surface area contributed by atoms with Gasteiger partial charge in [-0.3, -0.25) is 9.88 Å². The molecule has 162 valence electrons. The van der Waals surface area contributed by atoms with Crippen molar-refractivity contribution >= 4 is 6.09 Å². The van der Waals surface area contributed by atoms with Crippen LogP contribution in [0.2, 0.25) is 0 Å². The van der Waals surface area contributed by atoms with Crippen LogP contribution in [0.15, 0.2) is 48.5 Å². The number of pyridine rings is 1. The molecule has 0 aliphatic carbocycles. The Morgan fingerprint density at radius 3 is 2.35 bits per heavy atom. The molecular weight excluding hydrogens is 403 g/mol. The first-order valence-electron chi connectivity index (χ1n) is 9.93. The van der Waals surface area contributed by atoms with E-state index in [9.17, 15) is 19.4 Å². The van der Waals surface area contributed by atoms with Crippen molar-refractivity contribution in [2.45, 2.75) is 13.5 Å². The molecule has 4 rings (SSSR count). The zero-order valence-electron chi connectivity index (χ0n) is 17.0. The Kier molecular flexibility index (Phi) is 5.77. The molecule has 3 heterocycles. The van der Waals surface area contributed by atoms with Gasteiger partial charge in [-0.1, -0.05) is 18.2 Å². The lowest BCUT2D eigenvalue weighted by molar-refractivity contribution is 0.0555. The highest BCUT2D eigenvalue weighted by Crippen LogP contribution is 2.23. The maximum absolute atomic E-state index is 14.0. The molecule has 1 aliphatic rings. The summed E-state index contributed by atoms with van der Waals surface area (Å²) in [5, 5.41) is 19.2. The second kappa shape index (κ2) is 8.65. The van der Waals surface area contributed by atoms with Gasteiger partial charge < -0.3 is 20.0 Å². The monoisotopic (exact) mass is 426 g/mol. The van der Waals surface area contributed by atoms with Gasteiger partial charge >= 0.3 is 6.09 Å². The normalized spacial score (nSPS) is 14.6. The van der Waals surface area contributed by atoms with E-state index in [2.05, 4.69) is 9.88 Å². The van der Waals surface area contributed by atoms with Crippen molar-refractivity contribution in [1.29, 1.82) is 0 Å². The van der Waals surface area contributed by atoms with Gasteiger partial charge in [0.05, 0.1) is 5.69 Å². The number of halogens is 1. The standard InChI is InChI=1S/C22H23FN4O4/c1-15-16(6-7-19(24-15)17-4-2-3-5-18(17)23)14-25-10-12-26(13-11-25)22(30)31-27-20(28)8-9-21(27)29/h2-9,28-29H,10-14H2,1H3. The molecule has 1 saturated heterocycles. The van der Waals surface area contributed by atoms with Crippen molar-refractivity contribution in [2.24, 2.45) is 0 Å². The zero-order valence-corrected chi connectivity index (χ0v) is 17.0. The minimum absolute atomic E-state index is 0.299. The predicted molar refractivity (Wildman–Crippen MR) is 111 cm³/mol. The third kappa shape index (κ3) is 4.46. The first kappa shape index (κ1) is 20.7. The Labute approximate surface area is 178 Å². The van der Waals surface area contributed by atoms with E-state index in [1.165, 1.54) is 23.1 Å². The van der Waals surface area contributed by atoms with Crippen LogP contribution in [0.1, 0.15) is 11.3 Å². The van der Waals surface area contributed by atoms with Gasteiger partial charge in [0.2, 0.25) is 11.8 Å². The minimum atomic E-state index is -0.645. The molecule has 1 fully saturated rings. The average Bonchev–Trinajstić information content (AvgIpc) is 3.08. The number of nitrogens with zero attached hydrogens (tertiary/aromatic N) is 4. The maximum atomic E-state index is 14.0. The van der Waals surface area contributed by atoms with Crippen LogP contribution in [0, 0.1) is 12.7 Å². The number of aromatic nitrogens is 2. The summed E-state index contributed by atoms with van der Waals surface area (Å²) in [6, 6.07) is 12.8. The molecule has 0 radical (unpaired) electrons. The van der Waals surface area contributed by atoms with Crippen molar-refractivity contribution < 1.29 is 24.2 Å². The molecule has 3 aromatic rings. The number of hydrogen-bond donors (Lipinski definition) is 2. The van der Waals surface area contributed by atoms with E-state index in [1.807, 2.05) is 19.1 Å². The van der Waals surface area contributed by atoms with Gasteiger partial charge in [0.25, 0.3) is 0 Å². The second-order valence-corrected chi connectivity index (χ2v) is 7.39. The fourth-order valence-corrected chi connectivity index (χ4v) is 3.54. The fourth-order valence-electron chi connectivity index (χ4n) is 3.54. The van der Waals surface area contributed by atoms with Gasteiger partial charge in [-0.05, 0) is 30.7 Å². The van der Waals surface area contributed by atoms with Crippen LogP contribution in [0.25, 0.3) is 11.3 Å². The van der Waals surface area contributed by atoms with Gasteiger partial charge in [-0.15, -0.1) is 4.73 Å². The average molecular weight is 426 g/mol. The van der Waals surface area contributed by atoms with Gasteiger partial charge in [0.15, 0.2) is 0 Å².